The predicted octanol–water partition coefficient (Wildman–Crippen LogP) is 4.15. The Hall–Kier alpha value is -2.36. The summed E-state index contributed by atoms with van der Waals surface area (Å²) in [6.07, 6.45) is 4.50. The highest BCUT2D eigenvalue weighted by molar-refractivity contribution is 6.05. The molecule has 0 radical (unpaired) electrons. The number of nitrogens with zero attached hydrogens (tertiary/aromatic N) is 2. The van der Waals surface area contributed by atoms with Crippen molar-refractivity contribution in [3.05, 3.63) is 47.0 Å². The molecule has 0 saturated carbocycles. The number of fused-ring (bicyclic) bond motifs is 3. The molecule has 0 amide bonds. The zero-order valence-corrected chi connectivity index (χ0v) is 14.7. The molecule has 0 N–H and O–H groups in total. The van der Waals surface area contributed by atoms with Gasteiger partial charge in [0.15, 0.2) is 0 Å². The molecule has 1 atom stereocenters. The van der Waals surface area contributed by atoms with Gasteiger partial charge in [0.2, 0.25) is 0 Å². The van der Waals surface area contributed by atoms with Crippen molar-refractivity contribution in [2.75, 3.05) is 6.61 Å². The molecule has 4 heteroatoms. The summed E-state index contributed by atoms with van der Waals surface area (Å²) in [5.41, 5.74) is 0.851. The molecule has 0 aliphatic heterocycles. The first kappa shape index (κ1) is 16.5. The molecular formula is C20H24N2O2. The van der Waals surface area contributed by atoms with Crippen LogP contribution >= 0.6 is 0 Å². The standard InChI is InChI=1S/C20H24N2O2/c1-13(2)9-14(3)12-24-15-5-6-17-16-7-8-21-11-18(16)20(23)22(4)19(17)10-15/h5-8,10-11,13-14H,9,12H2,1-4H3. The monoisotopic (exact) mass is 324 g/mol. The van der Waals surface area contributed by atoms with Gasteiger partial charge in [-0.05, 0) is 41.8 Å². The number of pyridine rings is 2. The van der Waals surface area contributed by atoms with Crippen LogP contribution in [0.25, 0.3) is 21.7 Å². The van der Waals surface area contributed by atoms with Crippen LogP contribution in [0, 0.1) is 11.8 Å². The number of aromatic nitrogens is 2. The zero-order valence-electron chi connectivity index (χ0n) is 14.7. The third kappa shape index (κ3) is 3.14. The Bertz CT molecular complexity index is 928. The number of benzene rings is 1. The van der Waals surface area contributed by atoms with E-state index in [9.17, 15) is 4.79 Å². The Morgan fingerprint density at radius 1 is 1.12 bits per heavy atom. The maximum Gasteiger partial charge on any atom is 0.260 e. The van der Waals surface area contributed by atoms with Crippen LogP contribution in [-0.4, -0.2) is 16.2 Å². The van der Waals surface area contributed by atoms with E-state index in [0.717, 1.165) is 28.5 Å². The lowest BCUT2D eigenvalue weighted by atomic mass is 10.00. The van der Waals surface area contributed by atoms with Crippen LogP contribution in [0.15, 0.2) is 41.5 Å². The van der Waals surface area contributed by atoms with E-state index >= 15 is 0 Å². The molecule has 3 aromatic rings. The van der Waals surface area contributed by atoms with Gasteiger partial charge in [0.1, 0.15) is 5.75 Å². The van der Waals surface area contributed by atoms with Crippen LogP contribution in [0.4, 0.5) is 0 Å². The average molecular weight is 324 g/mol. The molecule has 2 aromatic heterocycles. The van der Waals surface area contributed by atoms with Crippen LogP contribution in [0.2, 0.25) is 0 Å². The lowest BCUT2D eigenvalue weighted by molar-refractivity contribution is 0.239. The minimum Gasteiger partial charge on any atom is -0.493 e. The van der Waals surface area contributed by atoms with Gasteiger partial charge in [-0.25, -0.2) is 0 Å². The molecule has 126 valence electrons. The number of hydrogen-bond acceptors (Lipinski definition) is 3. The third-order valence-electron chi connectivity index (χ3n) is 4.39. The minimum atomic E-state index is -0.0316. The minimum absolute atomic E-state index is 0.0316. The van der Waals surface area contributed by atoms with Crippen LogP contribution in [0.5, 0.6) is 5.75 Å². The number of rotatable bonds is 5. The van der Waals surface area contributed by atoms with Crippen molar-refractivity contribution < 1.29 is 4.74 Å². The van der Waals surface area contributed by atoms with Gasteiger partial charge in [-0.2, -0.15) is 0 Å². The van der Waals surface area contributed by atoms with Crippen molar-refractivity contribution in [2.24, 2.45) is 18.9 Å². The van der Waals surface area contributed by atoms with Gasteiger partial charge in [0, 0.05) is 30.9 Å². The molecule has 1 aromatic carbocycles. The van der Waals surface area contributed by atoms with Gasteiger partial charge in [0.05, 0.1) is 17.5 Å². The van der Waals surface area contributed by atoms with Gasteiger partial charge < -0.3 is 9.30 Å². The number of ether oxygens (including phenoxy) is 1. The molecule has 0 spiro atoms. The fourth-order valence-electron chi connectivity index (χ4n) is 3.31. The fourth-order valence-corrected chi connectivity index (χ4v) is 3.31. The highest BCUT2D eigenvalue weighted by Crippen LogP contribution is 2.26. The SMILES string of the molecule is CC(C)CC(C)COc1ccc2c3ccncc3c(=O)n(C)c2c1. The van der Waals surface area contributed by atoms with E-state index in [1.54, 1.807) is 24.0 Å². The van der Waals surface area contributed by atoms with E-state index < -0.39 is 0 Å². The Morgan fingerprint density at radius 3 is 2.67 bits per heavy atom. The van der Waals surface area contributed by atoms with E-state index in [-0.39, 0.29) is 5.56 Å². The summed E-state index contributed by atoms with van der Waals surface area (Å²) in [5.74, 6) is 1.98. The lowest BCUT2D eigenvalue weighted by Gasteiger charge is -2.16. The van der Waals surface area contributed by atoms with Gasteiger partial charge in [0.25, 0.3) is 5.56 Å². The highest BCUT2D eigenvalue weighted by Gasteiger charge is 2.11. The van der Waals surface area contributed by atoms with Crippen LogP contribution in [-0.2, 0) is 7.05 Å². The first-order valence-corrected chi connectivity index (χ1v) is 8.46. The topological polar surface area (TPSA) is 44.1 Å². The van der Waals surface area contributed by atoms with Crippen molar-refractivity contribution in [3.8, 4) is 5.75 Å². The van der Waals surface area contributed by atoms with E-state index in [2.05, 4.69) is 25.8 Å². The van der Waals surface area contributed by atoms with E-state index in [1.807, 2.05) is 24.3 Å². The quantitative estimate of drug-likeness (QED) is 0.662. The molecule has 4 nitrogen and oxygen atoms in total. The first-order chi connectivity index (χ1) is 11.5. The predicted molar refractivity (Wildman–Crippen MR) is 98.6 cm³/mol. The van der Waals surface area contributed by atoms with Gasteiger partial charge in [-0.15, -0.1) is 0 Å². The van der Waals surface area contributed by atoms with Crippen molar-refractivity contribution in [1.82, 2.24) is 9.55 Å². The van der Waals surface area contributed by atoms with Gasteiger partial charge >= 0.3 is 0 Å². The fraction of sp³-hybridized carbons (Fsp3) is 0.400. The smallest absolute Gasteiger partial charge is 0.260 e. The van der Waals surface area contributed by atoms with Gasteiger partial charge in [-0.1, -0.05) is 20.8 Å². The van der Waals surface area contributed by atoms with Crippen LogP contribution < -0.4 is 10.3 Å². The van der Waals surface area contributed by atoms with Gasteiger partial charge in [-0.3, -0.25) is 9.78 Å². The lowest BCUT2D eigenvalue weighted by Crippen LogP contribution is -2.17. The zero-order chi connectivity index (χ0) is 17.3. The molecule has 0 saturated heterocycles. The molecule has 0 aliphatic rings. The highest BCUT2D eigenvalue weighted by atomic mass is 16.5. The molecule has 1 unspecified atom stereocenters. The molecule has 0 bridgehead atoms. The summed E-state index contributed by atoms with van der Waals surface area (Å²) in [6, 6.07) is 7.86. The summed E-state index contributed by atoms with van der Waals surface area (Å²) in [5, 5.41) is 2.62. The van der Waals surface area contributed by atoms with E-state index in [1.165, 1.54) is 0 Å². The maximum atomic E-state index is 12.5. The molecular weight excluding hydrogens is 300 g/mol. The Labute approximate surface area is 142 Å². The molecule has 0 aliphatic carbocycles. The molecule has 0 fully saturated rings. The van der Waals surface area contributed by atoms with Crippen LogP contribution in [0.1, 0.15) is 27.2 Å². The summed E-state index contributed by atoms with van der Waals surface area (Å²) >= 11 is 0. The molecule has 3 rings (SSSR count). The van der Waals surface area contributed by atoms with Crippen molar-refractivity contribution in [1.29, 1.82) is 0 Å². The summed E-state index contributed by atoms with van der Waals surface area (Å²) in [7, 11) is 1.79. The largest absolute Gasteiger partial charge is 0.493 e. The van der Waals surface area contributed by atoms with Crippen molar-refractivity contribution >= 4 is 21.7 Å². The number of hydrogen-bond donors (Lipinski definition) is 0. The van der Waals surface area contributed by atoms with Crippen LogP contribution in [0.3, 0.4) is 0 Å². The third-order valence-corrected chi connectivity index (χ3v) is 4.39. The molecule has 24 heavy (non-hydrogen) atoms. The summed E-state index contributed by atoms with van der Waals surface area (Å²) < 4.78 is 7.63. The second kappa shape index (κ2) is 6.63. The van der Waals surface area contributed by atoms with Crippen molar-refractivity contribution in [3.63, 3.8) is 0 Å². The Morgan fingerprint density at radius 2 is 1.92 bits per heavy atom. The Balaban J connectivity index is 1.98. The average Bonchev–Trinajstić information content (AvgIpc) is 2.57. The number of aryl methyl sites for hydroxylation is 1. The van der Waals surface area contributed by atoms with E-state index in [0.29, 0.717) is 23.8 Å². The second-order valence-corrected chi connectivity index (χ2v) is 7.01. The summed E-state index contributed by atoms with van der Waals surface area (Å²) in [4.78, 5) is 16.6. The van der Waals surface area contributed by atoms with Crippen molar-refractivity contribution in [2.45, 2.75) is 27.2 Å². The first-order valence-electron chi connectivity index (χ1n) is 8.46. The molecule has 2 heterocycles. The summed E-state index contributed by atoms with van der Waals surface area (Å²) in [6.45, 7) is 7.34. The van der Waals surface area contributed by atoms with E-state index in [4.69, 9.17) is 4.74 Å². The Kier molecular flexibility index (Phi) is 4.56. The normalized spacial score (nSPS) is 12.9. The maximum absolute atomic E-state index is 12.5. The second-order valence-electron chi connectivity index (χ2n) is 7.01.